The van der Waals surface area contributed by atoms with Crippen LogP contribution < -0.4 is 15.5 Å². The second kappa shape index (κ2) is 5.73. The summed E-state index contributed by atoms with van der Waals surface area (Å²) in [5, 5.41) is 4.59. The molecule has 4 nitrogen and oxygen atoms in total. The molecule has 2 aliphatic rings. The third-order valence-electron chi connectivity index (χ3n) is 5.22. The molecule has 0 radical (unpaired) electrons. The van der Waals surface area contributed by atoms with E-state index in [0.717, 1.165) is 21.6 Å². The molecule has 2 aliphatic heterocycles. The second-order valence-electron chi connectivity index (χ2n) is 6.85. The van der Waals surface area contributed by atoms with E-state index < -0.39 is 0 Å². The molecule has 0 amide bonds. The molecule has 0 bridgehead atoms. The zero-order valence-electron chi connectivity index (χ0n) is 14.9. The standard InChI is InChI=1S/C21H20BN3O/c1-16-23(17-8-4-3-5-9-17)12-13-24(16)25-15-19-18-10-6-7-11-20(18)26-21(19)14-22(25)2/h3-16H,1-2H3/t16-/m0/s1. The van der Waals surface area contributed by atoms with E-state index in [1.165, 1.54) is 5.69 Å². The lowest BCUT2D eigenvalue weighted by Crippen LogP contribution is -2.53. The number of nitrogens with zero attached hydrogens (tertiary/aromatic N) is 3. The van der Waals surface area contributed by atoms with Crippen molar-refractivity contribution in [3.63, 3.8) is 0 Å². The fourth-order valence-corrected chi connectivity index (χ4v) is 3.85. The van der Waals surface area contributed by atoms with E-state index in [1.54, 1.807) is 0 Å². The number of anilines is 1. The van der Waals surface area contributed by atoms with Gasteiger partial charge in [-0.25, -0.2) is 0 Å². The molecule has 0 saturated carbocycles. The van der Waals surface area contributed by atoms with Gasteiger partial charge in [-0.15, -0.1) is 0 Å². The molecule has 2 aromatic carbocycles. The van der Waals surface area contributed by atoms with Gasteiger partial charge in [-0.3, -0.25) is 5.01 Å². The monoisotopic (exact) mass is 341 g/mol. The van der Waals surface area contributed by atoms with E-state index in [0.29, 0.717) is 0 Å². The highest BCUT2D eigenvalue weighted by Gasteiger charge is 2.31. The maximum atomic E-state index is 6.03. The molecule has 0 N–H and O–H groups in total. The van der Waals surface area contributed by atoms with Gasteiger partial charge in [-0.2, -0.15) is 0 Å². The SMILES string of the molecule is CB1C=c2oc3ccccc3c2=CN1N1C=CN(c2ccccc2)[C@@H]1C. The Morgan fingerprint density at radius 1 is 0.962 bits per heavy atom. The van der Waals surface area contributed by atoms with Crippen LogP contribution in [0.3, 0.4) is 0 Å². The molecule has 1 aromatic heterocycles. The highest BCUT2D eigenvalue weighted by atomic mass is 16.3. The molecule has 0 saturated heterocycles. The maximum absolute atomic E-state index is 6.03. The Balaban J connectivity index is 1.54. The minimum absolute atomic E-state index is 0.198. The van der Waals surface area contributed by atoms with Gasteiger partial charge in [-0.1, -0.05) is 43.2 Å². The quantitative estimate of drug-likeness (QED) is 0.669. The lowest BCUT2D eigenvalue weighted by Gasteiger charge is -2.40. The minimum Gasteiger partial charge on any atom is -0.457 e. The number of fused-ring (bicyclic) bond motifs is 3. The van der Waals surface area contributed by atoms with Gasteiger partial charge in [0.25, 0.3) is 0 Å². The van der Waals surface area contributed by atoms with Crippen molar-refractivity contribution in [2.24, 2.45) is 0 Å². The Kier molecular flexibility index (Phi) is 3.35. The number of hydrogen-bond donors (Lipinski definition) is 0. The molecule has 0 aliphatic carbocycles. The Morgan fingerprint density at radius 3 is 2.58 bits per heavy atom. The van der Waals surface area contributed by atoms with Crippen molar-refractivity contribution >= 4 is 35.7 Å². The first-order chi connectivity index (χ1) is 12.7. The van der Waals surface area contributed by atoms with Crippen LogP contribution in [0.15, 0.2) is 71.4 Å². The zero-order chi connectivity index (χ0) is 17.7. The molecule has 3 heterocycles. The summed E-state index contributed by atoms with van der Waals surface area (Å²) in [6, 6.07) is 18.7. The molecular weight excluding hydrogens is 321 g/mol. The predicted octanol–water partition coefficient (Wildman–Crippen LogP) is 2.98. The first kappa shape index (κ1) is 15.2. The summed E-state index contributed by atoms with van der Waals surface area (Å²) in [5.41, 5.74) is 3.10. The summed E-state index contributed by atoms with van der Waals surface area (Å²) in [6.07, 6.45) is 6.69. The molecular formula is C21H20BN3O. The van der Waals surface area contributed by atoms with Crippen molar-refractivity contribution in [2.45, 2.75) is 19.9 Å². The number of rotatable bonds is 2. The number of furan rings is 1. The van der Waals surface area contributed by atoms with Crippen LogP contribution in [-0.4, -0.2) is 22.9 Å². The van der Waals surface area contributed by atoms with E-state index in [-0.39, 0.29) is 13.0 Å². The first-order valence-corrected chi connectivity index (χ1v) is 9.02. The fourth-order valence-electron chi connectivity index (χ4n) is 3.85. The van der Waals surface area contributed by atoms with E-state index in [1.807, 2.05) is 18.2 Å². The van der Waals surface area contributed by atoms with Crippen molar-refractivity contribution in [3.8, 4) is 0 Å². The van der Waals surface area contributed by atoms with Gasteiger partial charge in [0.15, 0.2) is 0 Å². The molecule has 5 rings (SSSR count). The fraction of sp³-hybridized carbons (Fsp3) is 0.143. The third-order valence-corrected chi connectivity index (χ3v) is 5.22. The molecule has 0 spiro atoms. The molecule has 26 heavy (non-hydrogen) atoms. The van der Waals surface area contributed by atoms with E-state index in [9.17, 15) is 0 Å². The van der Waals surface area contributed by atoms with Crippen LogP contribution in [0.4, 0.5) is 5.69 Å². The topological polar surface area (TPSA) is 22.9 Å². The summed E-state index contributed by atoms with van der Waals surface area (Å²) in [6.45, 7) is 4.63. The van der Waals surface area contributed by atoms with E-state index in [4.69, 9.17) is 4.42 Å². The van der Waals surface area contributed by atoms with Crippen LogP contribution in [0.2, 0.25) is 6.82 Å². The highest BCUT2D eigenvalue weighted by Crippen LogP contribution is 2.26. The van der Waals surface area contributed by atoms with Crippen LogP contribution in [0.1, 0.15) is 6.92 Å². The van der Waals surface area contributed by atoms with Gasteiger partial charge in [0.1, 0.15) is 17.2 Å². The number of hydrazine groups is 1. The number of hydrogen-bond acceptors (Lipinski definition) is 4. The second-order valence-corrected chi connectivity index (χ2v) is 6.85. The summed E-state index contributed by atoms with van der Waals surface area (Å²) < 4.78 is 6.03. The minimum atomic E-state index is 0.198. The Hall–Kier alpha value is -3.08. The Morgan fingerprint density at radius 2 is 1.73 bits per heavy atom. The van der Waals surface area contributed by atoms with Gasteiger partial charge >= 0.3 is 6.85 Å². The smallest absolute Gasteiger partial charge is 0.306 e. The van der Waals surface area contributed by atoms with Crippen molar-refractivity contribution in [1.82, 2.24) is 9.93 Å². The van der Waals surface area contributed by atoms with Gasteiger partial charge in [0.05, 0.1) is 0 Å². The molecule has 0 fully saturated rings. The molecule has 5 heteroatoms. The van der Waals surface area contributed by atoms with E-state index >= 15 is 0 Å². The largest absolute Gasteiger partial charge is 0.457 e. The van der Waals surface area contributed by atoms with Gasteiger partial charge in [0, 0.05) is 34.9 Å². The van der Waals surface area contributed by atoms with Crippen molar-refractivity contribution in [3.05, 3.63) is 77.6 Å². The molecule has 1 atom stereocenters. The Labute approximate surface area is 153 Å². The lowest BCUT2D eigenvalue weighted by molar-refractivity contribution is 0.153. The van der Waals surface area contributed by atoms with Gasteiger partial charge in [0.2, 0.25) is 0 Å². The average Bonchev–Trinajstić information content (AvgIpc) is 3.21. The molecule has 3 aromatic rings. The van der Waals surface area contributed by atoms with Crippen LogP contribution >= 0.6 is 0 Å². The molecule has 128 valence electrons. The van der Waals surface area contributed by atoms with E-state index in [2.05, 4.69) is 89.5 Å². The normalized spacial score (nSPS) is 18.9. The lowest BCUT2D eigenvalue weighted by atomic mass is 9.63. The number of benzene rings is 2. The molecule has 0 unspecified atom stereocenters. The van der Waals surface area contributed by atoms with Crippen molar-refractivity contribution < 1.29 is 4.42 Å². The predicted molar refractivity (Wildman–Crippen MR) is 107 cm³/mol. The van der Waals surface area contributed by atoms with Crippen LogP contribution in [-0.2, 0) is 0 Å². The van der Waals surface area contributed by atoms with Gasteiger partial charge in [-0.05, 0) is 31.1 Å². The summed E-state index contributed by atoms with van der Waals surface area (Å²) >= 11 is 0. The van der Waals surface area contributed by atoms with Crippen LogP contribution in [0.25, 0.3) is 23.1 Å². The average molecular weight is 341 g/mol. The highest BCUT2D eigenvalue weighted by molar-refractivity contribution is 6.70. The van der Waals surface area contributed by atoms with Crippen LogP contribution in [0, 0.1) is 0 Å². The van der Waals surface area contributed by atoms with Gasteiger partial charge < -0.3 is 14.2 Å². The zero-order valence-corrected chi connectivity index (χ0v) is 14.9. The van der Waals surface area contributed by atoms with Crippen molar-refractivity contribution in [1.29, 1.82) is 0 Å². The summed E-state index contributed by atoms with van der Waals surface area (Å²) in [4.78, 5) is 4.57. The summed E-state index contributed by atoms with van der Waals surface area (Å²) in [5.74, 6) is 2.20. The Bertz CT molecular complexity index is 1110. The summed E-state index contributed by atoms with van der Waals surface area (Å²) in [7, 11) is 0. The third kappa shape index (κ3) is 2.24. The first-order valence-electron chi connectivity index (χ1n) is 9.02. The van der Waals surface area contributed by atoms with Crippen molar-refractivity contribution in [2.75, 3.05) is 4.90 Å². The maximum Gasteiger partial charge on any atom is 0.306 e. The number of para-hydroxylation sites is 2. The van der Waals surface area contributed by atoms with Crippen LogP contribution in [0.5, 0.6) is 0 Å².